The molecule has 1 aliphatic rings. The molecule has 1 N–H and O–H groups in total. The molecule has 1 fully saturated rings. The van der Waals surface area contributed by atoms with Gasteiger partial charge in [-0.2, -0.15) is 0 Å². The largest absolute Gasteiger partial charge is 0.353 e. The normalized spacial score (nSPS) is 15.8. The number of nitrogens with one attached hydrogen (secondary N) is 1. The number of benzene rings is 1. The van der Waals surface area contributed by atoms with Crippen LogP contribution in [0, 0.1) is 0 Å². The van der Waals surface area contributed by atoms with Crippen molar-refractivity contribution >= 4 is 35.0 Å². The molecule has 23 heavy (non-hydrogen) atoms. The van der Waals surface area contributed by atoms with Crippen molar-refractivity contribution in [2.24, 2.45) is 0 Å². The highest BCUT2D eigenvalue weighted by Gasteiger charge is 2.23. The number of carbonyl (C=O) groups excluding carboxylic acids is 2. The average molecular weight is 358 g/mol. The third-order valence-corrected chi connectivity index (χ3v) is 4.02. The van der Waals surface area contributed by atoms with Crippen LogP contribution in [0.2, 0.25) is 10.0 Å². The van der Waals surface area contributed by atoms with Crippen molar-refractivity contribution < 1.29 is 9.59 Å². The molecule has 0 unspecified atom stereocenters. The topological polar surface area (TPSA) is 52.7 Å². The molecule has 0 radical (unpaired) electrons. The van der Waals surface area contributed by atoms with Gasteiger partial charge >= 0.3 is 0 Å². The minimum atomic E-state index is -0.0827. The molecule has 2 rings (SSSR count). The molecular formula is C16H21Cl2N3O2. The Morgan fingerprint density at radius 1 is 1.09 bits per heavy atom. The van der Waals surface area contributed by atoms with Crippen molar-refractivity contribution in [3.63, 3.8) is 0 Å². The van der Waals surface area contributed by atoms with E-state index in [1.54, 1.807) is 23.1 Å². The maximum atomic E-state index is 12.5. The number of carbonyl (C=O) groups is 2. The van der Waals surface area contributed by atoms with E-state index in [1.807, 2.05) is 18.7 Å². The van der Waals surface area contributed by atoms with Crippen molar-refractivity contribution in [1.82, 2.24) is 15.1 Å². The molecule has 1 aromatic rings. The lowest BCUT2D eigenvalue weighted by atomic mass is 10.2. The smallest absolute Gasteiger partial charge is 0.254 e. The molecule has 126 valence electrons. The molecule has 1 aliphatic heterocycles. The van der Waals surface area contributed by atoms with Crippen LogP contribution in [-0.2, 0) is 4.79 Å². The van der Waals surface area contributed by atoms with Crippen LogP contribution < -0.4 is 5.32 Å². The highest BCUT2D eigenvalue weighted by atomic mass is 35.5. The fourth-order valence-electron chi connectivity index (χ4n) is 2.54. The summed E-state index contributed by atoms with van der Waals surface area (Å²) in [4.78, 5) is 28.1. The maximum absolute atomic E-state index is 12.5. The second kappa shape index (κ2) is 7.99. The Morgan fingerprint density at radius 2 is 1.65 bits per heavy atom. The third-order valence-electron chi connectivity index (χ3n) is 3.59. The van der Waals surface area contributed by atoms with E-state index in [1.165, 1.54) is 0 Å². The summed E-state index contributed by atoms with van der Waals surface area (Å²) < 4.78 is 0. The van der Waals surface area contributed by atoms with E-state index in [-0.39, 0.29) is 17.9 Å². The third kappa shape index (κ3) is 5.37. The number of hydrogen-bond donors (Lipinski definition) is 1. The van der Waals surface area contributed by atoms with Crippen molar-refractivity contribution in [2.45, 2.75) is 19.9 Å². The average Bonchev–Trinajstić information content (AvgIpc) is 2.45. The van der Waals surface area contributed by atoms with Gasteiger partial charge in [-0.05, 0) is 32.0 Å². The van der Waals surface area contributed by atoms with Gasteiger partial charge in [0, 0.05) is 47.8 Å². The lowest BCUT2D eigenvalue weighted by Gasteiger charge is -2.34. The van der Waals surface area contributed by atoms with E-state index in [2.05, 4.69) is 5.32 Å². The van der Waals surface area contributed by atoms with Gasteiger partial charge in [-0.15, -0.1) is 0 Å². The first-order valence-electron chi connectivity index (χ1n) is 7.62. The number of amides is 2. The first-order chi connectivity index (χ1) is 10.8. The first kappa shape index (κ1) is 18.0. The van der Waals surface area contributed by atoms with Crippen LogP contribution in [0.15, 0.2) is 18.2 Å². The van der Waals surface area contributed by atoms with Gasteiger partial charge in [0.05, 0.1) is 6.54 Å². The summed E-state index contributed by atoms with van der Waals surface area (Å²) in [6.45, 7) is 6.74. The lowest BCUT2D eigenvalue weighted by molar-refractivity contribution is -0.123. The summed E-state index contributed by atoms with van der Waals surface area (Å²) in [5.41, 5.74) is 0.494. The maximum Gasteiger partial charge on any atom is 0.254 e. The van der Waals surface area contributed by atoms with Crippen LogP contribution >= 0.6 is 23.2 Å². The van der Waals surface area contributed by atoms with Gasteiger partial charge in [-0.3, -0.25) is 14.5 Å². The molecule has 0 aliphatic carbocycles. The van der Waals surface area contributed by atoms with E-state index in [0.29, 0.717) is 48.3 Å². The van der Waals surface area contributed by atoms with E-state index in [0.717, 1.165) is 0 Å². The van der Waals surface area contributed by atoms with Crippen molar-refractivity contribution in [3.8, 4) is 0 Å². The van der Waals surface area contributed by atoms with Crippen LogP contribution in [-0.4, -0.2) is 60.4 Å². The van der Waals surface area contributed by atoms with Crippen molar-refractivity contribution in [1.29, 1.82) is 0 Å². The number of piperazine rings is 1. The number of nitrogens with zero attached hydrogens (tertiary/aromatic N) is 2. The molecule has 0 aromatic heterocycles. The number of rotatable bonds is 4. The summed E-state index contributed by atoms with van der Waals surface area (Å²) >= 11 is 11.9. The molecule has 7 heteroatoms. The summed E-state index contributed by atoms with van der Waals surface area (Å²) in [6, 6.07) is 4.99. The highest BCUT2D eigenvalue weighted by molar-refractivity contribution is 6.35. The molecule has 0 saturated carbocycles. The van der Waals surface area contributed by atoms with Gasteiger partial charge in [0.1, 0.15) is 0 Å². The molecule has 1 aromatic carbocycles. The Morgan fingerprint density at radius 3 is 2.17 bits per heavy atom. The Balaban J connectivity index is 1.88. The van der Waals surface area contributed by atoms with Gasteiger partial charge < -0.3 is 10.2 Å². The van der Waals surface area contributed by atoms with Crippen LogP contribution in [0.3, 0.4) is 0 Å². The fourth-order valence-corrected chi connectivity index (χ4v) is 3.07. The summed E-state index contributed by atoms with van der Waals surface area (Å²) in [7, 11) is 0. The van der Waals surface area contributed by atoms with Gasteiger partial charge in [-0.25, -0.2) is 0 Å². The van der Waals surface area contributed by atoms with E-state index < -0.39 is 0 Å². The van der Waals surface area contributed by atoms with E-state index in [9.17, 15) is 9.59 Å². The summed E-state index contributed by atoms with van der Waals surface area (Å²) in [5.74, 6) is -0.0675. The van der Waals surface area contributed by atoms with Crippen LogP contribution in [0.1, 0.15) is 24.2 Å². The van der Waals surface area contributed by atoms with Crippen LogP contribution in [0.4, 0.5) is 0 Å². The summed E-state index contributed by atoms with van der Waals surface area (Å²) in [5, 5.41) is 3.77. The standard InChI is InChI=1S/C16H21Cl2N3O2/c1-11(2)19-15(22)10-20-3-5-21(6-4-20)16(23)12-7-13(17)9-14(18)8-12/h7-9,11H,3-6,10H2,1-2H3,(H,19,22). The molecule has 2 amide bonds. The molecule has 1 saturated heterocycles. The molecular weight excluding hydrogens is 337 g/mol. The van der Waals surface area contributed by atoms with E-state index >= 15 is 0 Å². The van der Waals surface area contributed by atoms with Crippen molar-refractivity contribution in [3.05, 3.63) is 33.8 Å². The van der Waals surface area contributed by atoms with Gasteiger partial charge in [0.15, 0.2) is 0 Å². The molecule has 0 atom stereocenters. The minimum absolute atomic E-state index is 0.0152. The predicted molar refractivity (Wildman–Crippen MR) is 92.1 cm³/mol. The zero-order chi connectivity index (χ0) is 17.0. The lowest BCUT2D eigenvalue weighted by Crippen LogP contribution is -2.51. The van der Waals surface area contributed by atoms with Gasteiger partial charge in [0.25, 0.3) is 5.91 Å². The van der Waals surface area contributed by atoms with Crippen LogP contribution in [0.5, 0.6) is 0 Å². The second-order valence-electron chi connectivity index (χ2n) is 5.95. The highest BCUT2D eigenvalue weighted by Crippen LogP contribution is 2.20. The Kier molecular flexibility index (Phi) is 6.27. The Bertz CT molecular complexity index is 564. The molecule has 5 nitrogen and oxygen atoms in total. The zero-order valence-corrected chi connectivity index (χ0v) is 14.8. The second-order valence-corrected chi connectivity index (χ2v) is 6.82. The van der Waals surface area contributed by atoms with Gasteiger partial charge in [0.2, 0.25) is 5.91 Å². The predicted octanol–water partition coefficient (Wildman–Crippen LogP) is 2.28. The minimum Gasteiger partial charge on any atom is -0.353 e. The monoisotopic (exact) mass is 357 g/mol. The molecule has 1 heterocycles. The fraction of sp³-hybridized carbons (Fsp3) is 0.500. The Labute approximate surface area is 146 Å². The molecule has 0 bridgehead atoms. The number of halogens is 2. The van der Waals surface area contributed by atoms with Gasteiger partial charge in [-0.1, -0.05) is 23.2 Å². The molecule has 0 spiro atoms. The quantitative estimate of drug-likeness (QED) is 0.899. The van der Waals surface area contributed by atoms with Crippen LogP contribution in [0.25, 0.3) is 0 Å². The number of hydrogen-bond acceptors (Lipinski definition) is 3. The van der Waals surface area contributed by atoms with E-state index in [4.69, 9.17) is 23.2 Å². The SMILES string of the molecule is CC(C)NC(=O)CN1CCN(C(=O)c2cc(Cl)cc(Cl)c2)CC1. The first-order valence-corrected chi connectivity index (χ1v) is 8.38. The van der Waals surface area contributed by atoms with Crippen molar-refractivity contribution in [2.75, 3.05) is 32.7 Å². The summed E-state index contributed by atoms with van der Waals surface area (Å²) in [6.07, 6.45) is 0. The Hall–Kier alpha value is -1.30. The zero-order valence-electron chi connectivity index (χ0n) is 13.3.